The number of aryl methyl sites for hydroxylation is 1. The van der Waals surface area contributed by atoms with Crippen molar-refractivity contribution in [2.75, 3.05) is 13.2 Å². The van der Waals surface area contributed by atoms with E-state index in [-0.39, 0.29) is 6.10 Å². The van der Waals surface area contributed by atoms with Crippen molar-refractivity contribution in [2.45, 2.75) is 40.2 Å². The van der Waals surface area contributed by atoms with E-state index < -0.39 is 0 Å². The van der Waals surface area contributed by atoms with Crippen LogP contribution >= 0.6 is 11.6 Å². The molecule has 96 valence electrons. The lowest BCUT2D eigenvalue weighted by Gasteiger charge is -2.11. The fraction of sp³-hybridized carbons (Fsp3) is 0.667. The van der Waals surface area contributed by atoms with Gasteiger partial charge in [-0.05, 0) is 20.8 Å². The predicted molar refractivity (Wildman–Crippen MR) is 67.7 cm³/mol. The average Bonchev–Trinajstić information content (AvgIpc) is 2.29. The summed E-state index contributed by atoms with van der Waals surface area (Å²) in [5.74, 6) is 1.24. The molecule has 0 unspecified atom stereocenters. The van der Waals surface area contributed by atoms with Gasteiger partial charge < -0.3 is 9.47 Å². The number of aromatic nitrogens is 2. The molecule has 0 spiro atoms. The van der Waals surface area contributed by atoms with Gasteiger partial charge in [0.25, 0.3) is 0 Å². The molecule has 1 heterocycles. The smallest absolute Gasteiger partial charge is 0.221 e. The number of hydrogen-bond donors (Lipinski definition) is 0. The van der Waals surface area contributed by atoms with Gasteiger partial charge in [0.2, 0.25) is 5.88 Å². The highest BCUT2D eigenvalue weighted by Gasteiger charge is 2.09. The highest BCUT2D eigenvalue weighted by molar-refractivity contribution is 6.30. The molecule has 1 rings (SSSR count). The van der Waals surface area contributed by atoms with Gasteiger partial charge in [0.15, 0.2) is 0 Å². The maximum atomic E-state index is 6.00. The molecule has 0 saturated heterocycles. The van der Waals surface area contributed by atoms with Crippen LogP contribution in [0.3, 0.4) is 0 Å². The topological polar surface area (TPSA) is 44.2 Å². The molecule has 0 N–H and O–H groups in total. The van der Waals surface area contributed by atoms with Gasteiger partial charge in [-0.2, -0.15) is 4.98 Å². The Morgan fingerprint density at radius 2 is 1.94 bits per heavy atom. The molecule has 0 aliphatic heterocycles. The molecule has 1 aromatic rings. The minimum atomic E-state index is 0.208. The van der Waals surface area contributed by atoms with E-state index in [1.165, 1.54) is 0 Å². The first-order chi connectivity index (χ1) is 8.04. The standard InChI is InChI=1S/C12H19ClN2O2/c1-5-10-14-11(13)9(4)12(15-10)17-7-6-16-8(2)3/h8H,5-7H2,1-4H3. The summed E-state index contributed by atoms with van der Waals surface area (Å²) in [6, 6.07) is 0. The van der Waals surface area contributed by atoms with Gasteiger partial charge in [-0.15, -0.1) is 0 Å². The summed E-state index contributed by atoms with van der Waals surface area (Å²) >= 11 is 6.00. The maximum absolute atomic E-state index is 6.00. The van der Waals surface area contributed by atoms with Crippen LogP contribution in [0.15, 0.2) is 0 Å². The summed E-state index contributed by atoms with van der Waals surface area (Å²) in [5.41, 5.74) is 0.772. The van der Waals surface area contributed by atoms with E-state index in [2.05, 4.69) is 9.97 Å². The highest BCUT2D eigenvalue weighted by Crippen LogP contribution is 2.21. The molecule has 0 amide bonds. The van der Waals surface area contributed by atoms with Gasteiger partial charge in [0.1, 0.15) is 17.6 Å². The molecule has 0 aliphatic carbocycles. The Labute approximate surface area is 107 Å². The van der Waals surface area contributed by atoms with Crippen molar-refractivity contribution in [1.29, 1.82) is 0 Å². The molecule has 0 aliphatic rings. The number of ether oxygens (including phenoxy) is 2. The highest BCUT2D eigenvalue weighted by atomic mass is 35.5. The van der Waals surface area contributed by atoms with Crippen molar-refractivity contribution in [3.05, 3.63) is 16.5 Å². The number of nitrogens with zero attached hydrogens (tertiary/aromatic N) is 2. The molecule has 17 heavy (non-hydrogen) atoms. The summed E-state index contributed by atoms with van der Waals surface area (Å²) in [6.45, 7) is 8.81. The summed E-state index contributed by atoms with van der Waals surface area (Å²) in [5, 5.41) is 0.455. The zero-order valence-corrected chi connectivity index (χ0v) is 11.5. The number of hydrogen-bond acceptors (Lipinski definition) is 4. The van der Waals surface area contributed by atoms with E-state index in [4.69, 9.17) is 21.1 Å². The summed E-state index contributed by atoms with van der Waals surface area (Å²) in [6.07, 6.45) is 0.943. The first kappa shape index (κ1) is 14.2. The third-order valence-corrected chi connectivity index (χ3v) is 2.55. The molecular formula is C12H19ClN2O2. The summed E-state index contributed by atoms with van der Waals surface area (Å²) < 4.78 is 10.9. The zero-order chi connectivity index (χ0) is 12.8. The van der Waals surface area contributed by atoms with Gasteiger partial charge in [0.05, 0.1) is 12.7 Å². The molecule has 0 saturated carbocycles. The van der Waals surface area contributed by atoms with Crippen LogP contribution in [0.4, 0.5) is 0 Å². The largest absolute Gasteiger partial charge is 0.475 e. The van der Waals surface area contributed by atoms with Crippen LogP contribution in [-0.4, -0.2) is 29.3 Å². The van der Waals surface area contributed by atoms with Crippen LogP contribution in [0, 0.1) is 6.92 Å². The molecule has 0 atom stereocenters. The number of rotatable bonds is 6. The Morgan fingerprint density at radius 1 is 1.24 bits per heavy atom. The average molecular weight is 259 g/mol. The molecular weight excluding hydrogens is 240 g/mol. The molecule has 0 fully saturated rings. The molecule has 4 nitrogen and oxygen atoms in total. The maximum Gasteiger partial charge on any atom is 0.221 e. The van der Waals surface area contributed by atoms with E-state index in [1.54, 1.807) is 0 Å². The first-order valence-electron chi connectivity index (χ1n) is 5.82. The Balaban J connectivity index is 2.60. The van der Waals surface area contributed by atoms with E-state index >= 15 is 0 Å². The minimum absolute atomic E-state index is 0.208. The van der Waals surface area contributed by atoms with Crippen molar-refractivity contribution in [3.63, 3.8) is 0 Å². The Hall–Kier alpha value is -0.870. The third-order valence-electron chi connectivity index (χ3n) is 2.18. The van der Waals surface area contributed by atoms with Crippen LogP contribution in [0.25, 0.3) is 0 Å². The van der Waals surface area contributed by atoms with Crippen LogP contribution < -0.4 is 4.74 Å². The van der Waals surface area contributed by atoms with Gasteiger partial charge in [-0.1, -0.05) is 18.5 Å². The molecule has 0 bridgehead atoms. The van der Waals surface area contributed by atoms with Crippen molar-refractivity contribution in [2.24, 2.45) is 0 Å². The zero-order valence-electron chi connectivity index (χ0n) is 10.8. The van der Waals surface area contributed by atoms with E-state index in [0.29, 0.717) is 30.1 Å². The van der Waals surface area contributed by atoms with Crippen molar-refractivity contribution >= 4 is 11.6 Å². The quantitative estimate of drug-likeness (QED) is 0.581. The third kappa shape index (κ3) is 4.48. The Kier molecular flexibility index (Phi) is 5.65. The summed E-state index contributed by atoms with van der Waals surface area (Å²) in [4.78, 5) is 8.45. The minimum Gasteiger partial charge on any atom is -0.475 e. The lowest BCUT2D eigenvalue weighted by molar-refractivity contribution is 0.0540. The number of halogens is 1. The SMILES string of the molecule is CCc1nc(Cl)c(C)c(OCCOC(C)C)n1. The Bertz CT molecular complexity index is 370. The van der Waals surface area contributed by atoms with Crippen LogP contribution in [-0.2, 0) is 11.2 Å². The van der Waals surface area contributed by atoms with Crippen molar-refractivity contribution in [1.82, 2.24) is 9.97 Å². The normalized spacial score (nSPS) is 10.9. The van der Waals surface area contributed by atoms with Gasteiger partial charge in [0, 0.05) is 12.0 Å². The van der Waals surface area contributed by atoms with Crippen LogP contribution in [0.5, 0.6) is 5.88 Å². The first-order valence-corrected chi connectivity index (χ1v) is 6.19. The van der Waals surface area contributed by atoms with Crippen molar-refractivity contribution < 1.29 is 9.47 Å². The van der Waals surface area contributed by atoms with Gasteiger partial charge >= 0.3 is 0 Å². The second-order valence-electron chi connectivity index (χ2n) is 3.98. The fourth-order valence-electron chi connectivity index (χ4n) is 1.23. The molecule has 5 heteroatoms. The van der Waals surface area contributed by atoms with Crippen molar-refractivity contribution in [3.8, 4) is 5.88 Å². The van der Waals surface area contributed by atoms with Gasteiger partial charge in [-0.25, -0.2) is 4.98 Å². The fourth-order valence-corrected chi connectivity index (χ4v) is 1.41. The molecule has 1 aromatic heterocycles. The van der Waals surface area contributed by atoms with E-state index in [1.807, 2.05) is 27.7 Å². The summed E-state index contributed by atoms with van der Waals surface area (Å²) in [7, 11) is 0. The predicted octanol–water partition coefficient (Wildman–Crippen LogP) is 2.80. The van der Waals surface area contributed by atoms with Crippen LogP contribution in [0.1, 0.15) is 32.2 Å². The van der Waals surface area contributed by atoms with Gasteiger partial charge in [-0.3, -0.25) is 0 Å². The lowest BCUT2D eigenvalue weighted by atomic mass is 10.3. The van der Waals surface area contributed by atoms with E-state index in [9.17, 15) is 0 Å². The monoisotopic (exact) mass is 258 g/mol. The molecule has 0 radical (unpaired) electrons. The second-order valence-corrected chi connectivity index (χ2v) is 4.34. The molecule has 0 aromatic carbocycles. The Morgan fingerprint density at radius 3 is 2.53 bits per heavy atom. The second kappa shape index (κ2) is 6.77. The van der Waals surface area contributed by atoms with E-state index in [0.717, 1.165) is 12.0 Å². The lowest BCUT2D eigenvalue weighted by Crippen LogP contribution is -2.13. The van der Waals surface area contributed by atoms with Crippen LogP contribution in [0.2, 0.25) is 5.15 Å².